The molecule has 10 nitrogen and oxygen atoms in total. The number of benzene rings is 2. The van der Waals surface area contributed by atoms with Gasteiger partial charge in [-0.1, -0.05) is 12.1 Å². The molecule has 1 fully saturated rings. The van der Waals surface area contributed by atoms with E-state index in [0.29, 0.717) is 23.9 Å². The van der Waals surface area contributed by atoms with E-state index in [1.54, 1.807) is 25.6 Å². The number of H-pyrrole nitrogens is 1. The summed E-state index contributed by atoms with van der Waals surface area (Å²) in [6.07, 6.45) is 3.54. The number of nitrogens with zero attached hydrogens (tertiary/aromatic N) is 4. The van der Waals surface area contributed by atoms with Gasteiger partial charge >= 0.3 is 0 Å². The predicted molar refractivity (Wildman–Crippen MR) is 144 cm³/mol. The maximum Gasteiger partial charge on any atom is 0.238 e. The van der Waals surface area contributed by atoms with Crippen molar-refractivity contribution in [3.63, 3.8) is 0 Å². The topological polar surface area (TPSA) is 129 Å². The SMILES string of the molecule is COc1ccc(-c2c[nH]c3ncnc(N4CCN(C(=S)Nc5ccc(S(N)(=O)=O)cc5)CC4)c23)cc1. The fourth-order valence-corrected chi connectivity index (χ4v) is 5.05. The van der Waals surface area contributed by atoms with E-state index in [1.807, 2.05) is 30.5 Å². The van der Waals surface area contributed by atoms with E-state index in [2.05, 4.69) is 30.1 Å². The van der Waals surface area contributed by atoms with Crippen LogP contribution in [0, 0.1) is 0 Å². The minimum Gasteiger partial charge on any atom is -0.497 e. The summed E-state index contributed by atoms with van der Waals surface area (Å²) in [6.45, 7) is 2.86. The number of methoxy groups -OCH3 is 1. The van der Waals surface area contributed by atoms with Crippen LogP contribution in [0.2, 0.25) is 0 Å². The fourth-order valence-electron chi connectivity index (χ4n) is 4.24. The summed E-state index contributed by atoms with van der Waals surface area (Å²) in [5.41, 5.74) is 3.57. The van der Waals surface area contributed by atoms with Crippen LogP contribution in [0.4, 0.5) is 11.5 Å². The van der Waals surface area contributed by atoms with Crippen LogP contribution >= 0.6 is 12.2 Å². The standard InChI is InChI=1S/C24H25N7O3S2/c1-34-18-6-2-16(3-7-18)20-14-26-22-21(20)23(28-15-27-22)30-10-12-31(13-11-30)24(35)29-17-4-8-19(9-5-17)36(25,32)33/h2-9,14-15H,10-13H2,1H3,(H,29,35)(H2,25,32,33)(H,26,27,28). The molecule has 4 aromatic rings. The Labute approximate surface area is 214 Å². The van der Waals surface area contributed by atoms with Gasteiger partial charge in [-0.3, -0.25) is 0 Å². The lowest BCUT2D eigenvalue weighted by molar-refractivity contribution is 0.390. The van der Waals surface area contributed by atoms with Gasteiger partial charge in [0.15, 0.2) is 5.11 Å². The number of anilines is 2. The van der Waals surface area contributed by atoms with Crippen molar-refractivity contribution in [3.8, 4) is 16.9 Å². The first kappa shape index (κ1) is 24.0. The second-order valence-corrected chi connectivity index (χ2v) is 10.3. The number of aromatic nitrogens is 3. The summed E-state index contributed by atoms with van der Waals surface area (Å²) < 4.78 is 28.2. The highest BCUT2D eigenvalue weighted by atomic mass is 32.2. The number of fused-ring (bicyclic) bond motifs is 1. The van der Waals surface area contributed by atoms with Gasteiger partial charge in [0.25, 0.3) is 0 Å². The number of piperazine rings is 1. The summed E-state index contributed by atoms with van der Waals surface area (Å²) in [4.78, 5) is 16.7. The van der Waals surface area contributed by atoms with Crippen molar-refractivity contribution in [1.29, 1.82) is 0 Å². The van der Waals surface area contributed by atoms with Gasteiger partial charge in [-0.15, -0.1) is 0 Å². The molecule has 0 bridgehead atoms. The lowest BCUT2D eigenvalue weighted by atomic mass is 10.1. The molecule has 1 saturated heterocycles. The molecule has 2 aromatic heterocycles. The van der Waals surface area contributed by atoms with Crippen LogP contribution in [0.5, 0.6) is 5.75 Å². The summed E-state index contributed by atoms with van der Waals surface area (Å²) in [5.74, 6) is 1.68. The average molecular weight is 524 g/mol. The van der Waals surface area contributed by atoms with E-state index >= 15 is 0 Å². The molecule has 0 saturated carbocycles. The lowest BCUT2D eigenvalue weighted by Crippen LogP contribution is -2.50. The van der Waals surface area contributed by atoms with Crippen molar-refractivity contribution in [3.05, 3.63) is 61.1 Å². The summed E-state index contributed by atoms with van der Waals surface area (Å²) in [7, 11) is -2.08. The van der Waals surface area contributed by atoms with E-state index < -0.39 is 10.0 Å². The number of primary sulfonamides is 1. The number of nitrogens with two attached hydrogens (primary N) is 1. The summed E-state index contributed by atoms with van der Waals surface area (Å²) >= 11 is 5.60. The molecule has 186 valence electrons. The molecule has 5 rings (SSSR count). The average Bonchev–Trinajstić information content (AvgIpc) is 3.33. The normalized spacial score (nSPS) is 14.2. The molecule has 0 aliphatic carbocycles. The molecule has 0 atom stereocenters. The largest absolute Gasteiger partial charge is 0.497 e. The van der Waals surface area contributed by atoms with E-state index in [9.17, 15) is 8.42 Å². The highest BCUT2D eigenvalue weighted by Crippen LogP contribution is 2.34. The Morgan fingerprint density at radius 2 is 1.75 bits per heavy atom. The van der Waals surface area contributed by atoms with Gasteiger partial charge < -0.3 is 24.8 Å². The Kier molecular flexibility index (Phi) is 6.48. The molecule has 0 spiro atoms. The van der Waals surface area contributed by atoms with E-state index in [1.165, 1.54) is 12.1 Å². The van der Waals surface area contributed by atoms with Crippen molar-refractivity contribution in [1.82, 2.24) is 19.9 Å². The number of nitrogens with one attached hydrogen (secondary N) is 2. The highest BCUT2D eigenvalue weighted by molar-refractivity contribution is 7.89. The van der Waals surface area contributed by atoms with E-state index in [-0.39, 0.29) is 4.90 Å². The van der Waals surface area contributed by atoms with Gasteiger partial charge in [-0.05, 0) is 54.2 Å². The van der Waals surface area contributed by atoms with Crippen LogP contribution in [0.25, 0.3) is 22.2 Å². The van der Waals surface area contributed by atoms with Crippen LogP contribution in [-0.4, -0.2) is 66.7 Å². The molecule has 0 unspecified atom stereocenters. The Balaban J connectivity index is 1.30. The van der Waals surface area contributed by atoms with Gasteiger partial charge in [0, 0.05) is 43.6 Å². The third-order valence-electron chi connectivity index (χ3n) is 6.15. The maximum absolute atomic E-state index is 11.5. The Bertz CT molecular complexity index is 1500. The highest BCUT2D eigenvalue weighted by Gasteiger charge is 2.23. The molecule has 36 heavy (non-hydrogen) atoms. The monoisotopic (exact) mass is 523 g/mol. The molecule has 4 N–H and O–H groups in total. The maximum atomic E-state index is 11.5. The molecular weight excluding hydrogens is 498 g/mol. The van der Waals surface area contributed by atoms with Crippen LogP contribution in [-0.2, 0) is 10.0 Å². The van der Waals surface area contributed by atoms with Gasteiger partial charge in [-0.25, -0.2) is 23.5 Å². The number of rotatable bonds is 5. The second-order valence-electron chi connectivity index (χ2n) is 8.33. The third kappa shape index (κ3) is 4.83. The Morgan fingerprint density at radius 1 is 1.06 bits per heavy atom. The molecule has 2 aromatic carbocycles. The zero-order valence-electron chi connectivity index (χ0n) is 19.5. The lowest BCUT2D eigenvalue weighted by Gasteiger charge is -2.37. The van der Waals surface area contributed by atoms with Crippen LogP contribution in [0.3, 0.4) is 0 Å². The van der Waals surface area contributed by atoms with E-state index in [0.717, 1.165) is 46.8 Å². The first-order valence-electron chi connectivity index (χ1n) is 11.2. The van der Waals surface area contributed by atoms with E-state index in [4.69, 9.17) is 22.1 Å². The molecule has 3 heterocycles. The first-order valence-corrected chi connectivity index (χ1v) is 13.2. The molecule has 1 aliphatic rings. The smallest absolute Gasteiger partial charge is 0.238 e. The van der Waals surface area contributed by atoms with Crippen molar-refractivity contribution in [2.45, 2.75) is 4.90 Å². The molecule has 0 radical (unpaired) electrons. The van der Waals surface area contributed by atoms with Crippen LogP contribution < -0.4 is 20.1 Å². The first-order chi connectivity index (χ1) is 17.3. The fraction of sp³-hybridized carbons (Fsp3) is 0.208. The summed E-state index contributed by atoms with van der Waals surface area (Å²) in [6, 6.07) is 14.1. The second kappa shape index (κ2) is 9.72. The number of ether oxygens (including phenoxy) is 1. The number of thiocarbonyl (C=S) groups is 1. The number of sulfonamides is 1. The minimum atomic E-state index is -3.73. The molecule has 12 heteroatoms. The van der Waals surface area contributed by atoms with Gasteiger partial charge in [-0.2, -0.15) is 0 Å². The minimum absolute atomic E-state index is 0.0579. The van der Waals surface area contributed by atoms with Crippen LogP contribution in [0.15, 0.2) is 66.0 Å². The predicted octanol–water partition coefficient (Wildman–Crippen LogP) is 2.80. The molecule has 1 aliphatic heterocycles. The van der Waals surface area contributed by atoms with Crippen LogP contribution in [0.1, 0.15) is 0 Å². The zero-order valence-corrected chi connectivity index (χ0v) is 21.1. The van der Waals surface area contributed by atoms with Crippen molar-refractivity contribution in [2.24, 2.45) is 5.14 Å². The van der Waals surface area contributed by atoms with Gasteiger partial charge in [0.2, 0.25) is 10.0 Å². The van der Waals surface area contributed by atoms with Gasteiger partial charge in [0.1, 0.15) is 23.5 Å². The molecular formula is C24H25N7O3S2. The van der Waals surface area contributed by atoms with Gasteiger partial charge in [0.05, 0.1) is 17.4 Å². The Morgan fingerprint density at radius 3 is 2.39 bits per heavy atom. The molecule has 0 amide bonds. The third-order valence-corrected chi connectivity index (χ3v) is 7.44. The van der Waals surface area contributed by atoms with Crippen molar-refractivity contribution < 1.29 is 13.2 Å². The van der Waals surface area contributed by atoms with Crippen molar-refractivity contribution >= 4 is 49.9 Å². The zero-order chi connectivity index (χ0) is 25.3. The Hall–Kier alpha value is -3.74. The quantitative estimate of drug-likeness (QED) is 0.338. The summed E-state index contributed by atoms with van der Waals surface area (Å²) in [5, 5.41) is 9.89. The number of aromatic amines is 1. The number of hydrogen-bond acceptors (Lipinski definition) is 7. The number of hydrogen-bond donors (Lipinski definition) is 3. The van der Waals surface area contributed by atoms with Crippen molar-refractivity contribution in [2.75, 3.05) is 43.5 Å².